The average molecular weight is 278 g/mol. The number of rotatable bonds is 6. The SMILES string of the molecule is CCOC(=O)CC=Cc1ccc(C(=O)O)cc1C(=O)O. The van der Waals surface area contributed by atoms with Gasteiger partial charge in [0.15, 0.2) is 0 Å². The Labute approximate surface area is 115 Å². The lowest BCUT2D eigenvalue weighted by Gasteiger charge is -2.03. The minimum atomic E-state index is -1.23. The Balaban J connectivity index is 2.94. The van der Waals surface area contributed by atoms with Gasteiger partial charge in [-0.3, -0.25) is 4.79 Å². The molecule has 0 aliphatic heterocycles. The number of carboxylic acid groups (broad SMARTS) is 2. The second-order valence-corrected chi connectivity index (χ2v) is 3.82. The molecule has 0 atom stereocenters. The summed E-state index contributed by atoms with van der Waals surface area (Å²) in [6.07, 6.45) is 2.94. The third-order valence-corrected chi connectivity index (χ3v) is 2.42. The van der Waals surface area contributed by atoms with Crippen LogP contribution in [0.5, 0.6) is 0 Å². The third kappa shape index (κ3) is 4.24. The third-order valence-electron chi connectivity index (χ3n) is 2.42. The second kappa shape index (κ2) is 7.08. The van der Waals surface area contributed by atoms with Gasteiger partial charge in [0.1, 0.15) is 0 Å². The lowest BCUT2D eigenvalue weighted by molar-refractivity contribution is -0.142. The summed E-state index contributed by atoms with van der Waals surface area (Å²) in [6, 6.07) is 3.77. The van der Waals surface area contributed by atoms with Crippen molar-refractivity contribution in [3.05, 3.63) is 41.0 Å². The van der Waals surface area contributed by atoms with Crippen molar-refractivity contribution in [1.29, 1.82) is 0 Å². The number of carboxylic acids is 2. The van der Waals surface area contributed by atoms with Crippen molar-refractivity contribution in [2.75, 3.05) is 6.61 Å². The van der Waals surface area contributed by atoms with E-state index in [4.69, 9.17) is 14.9 Å². The zero-order chi connectivity index (χ0) is 15.1. The van der Waals surface area contributed by atoms with Gasteiger partial charge in [-0.25, -0.2) is 9.59 Å². The average Bonchev–Trinajstić information content (AvgIpc) is 2.38. The first-order valence-corrected chi connectivity index (χ1v) is 5.88. The minimum absolute atomic E-state index is 0.0214. The zero-order valence-electron chi connectivity index (χ0n) is 10.8. The number of esters is 1. The van der Waals surface area contributed by atoms with E-state index in [1.807, 2.05) is 0 Å². The maximum Gasteiger partial charge on any atom is 0.336 e. The van der Waals surface area contributed by atoms with Crippen LogP contribution in [0.3, 0.4) is 0 Å². The largest absolute Gasteiger partial charge is 0.478 e. The Hall–Kier alpha value is -2.63. The van der Waals surface area contributed by atoms with E-state index in [9.17, 15) is 14.4 Å². The van der Waals surface area contributed by atoms with Crippen LogP contribution >= 0.6 is 0 Å². The Morgan fingerprint density at radius 1 is 1.20 bits per heavy atom. The quantitative estimate of drug-likeness (QED) is 0.772. The summed E-state index contributed by atoms with van der Waals surface area (Å²) >= 11 is 0. The zero-order valence-corrected chi connectivity index (χ0v) is 10.8. The number of carbonyl (C=O) groups is 3. The lowest BCUT2D eigenvalue weighted by Crippen LogP contribution is -2.04. The molecule has 0 amide bonds. The van der Waals surface area contributed by atoms with Crippen LogP contribution in [0, 0.1) is 0 Å². The van der Waals surface area contributed by atoms with Crippen LogP contribution in [0.25, 0.3) is 6.08 Å². The maximum absolute atomic E-state index is 11.1. The van der Waals surface area contributed by atoms with Crippen molar-refractivity contribution in [3.63, 3.8) is 0 Å². The fraction of sp³-hybridized carbons (Fsp3) is 0.214. The van der Waals surface area contributed by atoms with Crippen LogP contribution < -0.4 is 0 Å². The predicted molar refractivity (Wildman–Crippen MR) is 70.6 cm³/mol. The number of hydrogen-bond acceptors (Lipinski definition) is 4. The first-order chi connectivity index (χ1) is 9.45. The van der Waals surface area contributed by atoms with Crippen LogP contribution in [0.4, 0.5) is 0 Å². The summed E-state index contributed by atoms with van der Waals surface area (Å²) in [7, 11) is 0. The van der Waals surface area contributed by atoms with Gasteiger partial charge < -0.3 is 14.9 Å². The molecule has 1 aromatic rings. The van der Waals surface area contributed by atoms with Gasteiger partial charge >= 0.3 is 17.9 Å². The molecule has 0 aromatic heterocycles. The molecule has 0 bridgehead atoms. The Morgan fingerprint density at radius 2 is 1.90 bits per heavy atom. The highest BCUT2D eigenvalue weighted by molar-refractivity contribution is 5.96. The summed E-state index contributed by atoms with van der Waals surface area (Å²) < 4.78 is 4.72. The molecule has 6 heteroatoms. The number of hydrogen-bond donors (Lipinski definition) is 2. The molecule has 2 N–H and O–H groups in total. The maximum atomic E-state index is 11.1. The molecule has 1 aromatic carbocycles. The van der Waals surface area contributed by atoms with E-state index < -0.39 is 17.9 Å². The molecule has 0 fully saturated rings. The summed E-state index contributed by atoms with van der Waals surface area (Å²) in [6.45, 7) is 1.97. The molecule has 0 unspecified atom stereocenters. The van der Waals surface area contributed by atoms with Gasteiger partial charge in [0.05, 0.1) is 24.2 Å². The number of aromatic carboxylic acids is 2. The Kier molecular flexibility index (Phi) is 5.46. The summed E-state index contributed by atoms with van der Waals surface area (Å²) in [4.78, 5) is 33.0. The molecule has 0 spiro atoms. The van der Waals surface area contributed by atoms with Crippen LogP contribution in [-0.2, 0) is 9.53 Å². The molecular weight excluding hydrogens is 264 g/mol. The molecule has 6 nitrogen and oxygen atoms in total. The highest BCUT2D eigenvalue weighted by atomic mass is 16.5. The van der Waals surface area contributed by atoms with E-state index >= 15 is 0 Å². The highest BCUT2D eigenvalue weighted by Gasteiger charge is 2.12. The summed E-state index contributed by atoms with van der Waals surface area (Å²) in [5.74, 6) is -2.85. The lowest BCUT2D eigenvalue weighted by atomic mass is 10.0. The van der Waals surface area contributed by atoms with Gasteiger partial charge in [0.25, 0.3) is 0 Å². The molecule has 1 rings (SSSR count). The molecule has 0 saturated carbocycles. The number of ether oxygens (including phenoxy) is 1. The Bertz CT molecular complexity index is 559. The van der Waals surface area contributed by atoms with E-state index in [0.29, 0.717) is 5.56 Å². The van der Waals surface area contributed by atoms with Crippen molar-refractivity contribution in [2.24, 2.45) is 0 Å². The molecular formula is C14H14O6. The van der Waals surface area contributed by atoms with Crippen molar-refractivity contribution < 1.29 is 29.3 Å². The molecule has 106 valence electrons. The topological polar surface area (TPSA) is 101 Å². The smallest absolute Gasteiger partial charge is 0.336 e. The van der Waals surface area contributed by atoms with Crippen LogP contribution in [-0.4, -0.2) is 34.7 Å². The van der Waals surface area contributed by atoms with Crippen molar-refractivity contribution in [3.8, 4) is 0 Å². The van der Waals surface area contributed by atoms with E-state index in [2.05, 4.69) is 0 Å². The first kappa shape index (κ1) is 15.4. The van der Waals surface area contributed by atoms with Crippen molar-refractivity contribution in [1.82, 2.24) is 0 Å². The summed E-state index contributed by atoms with van der Waals surface area (Å²) in [5, 5.41) is 17.9. The second-order valence-electron chi connectivity index (χ2n) is 3.82. The fourth-order valence-electron chi connectivity index (χ4n) is 1.52. The van der Waals surface area contributed by atoms with E-state index in [1.165, 1.54) is 24.3 Å². The summed E-state index contributed by atoms with van der Waals surface area (Å²) in [5.41, 5.74) is 0.0850. The number of benzene rings is 1. The monoisotopic (exact) mass is 278 g/mol. The van der Waals surface area contributed by atoms with Gasteiger partial charge in [-0.1, -0.05) is 18.2 Å². The minimum Gasteiger partial charge on any atom is -0.478 e. The van der Waals surface area contributed by atoms with Crippen molar-refractivity contribution >= 4 is 24.0 Å². The normalized spacial score (nSPS) is 10.4. The van der Waals surface area contributed by atoms with Crippen molar-refractivity contribution in [2.45, 2.75) is 13.3 Å². The van der Waals surface area contributed by atoms with E-state index in [1.54, 1.807) is 6.92 Å². The van der Waals surface area contributed by atoms with Crippen LogP contribution in [0.2, 0.25) is 0 Å². The first-order valence-electron chi connectivity index (χ1n) is 5.88. The van der Waals surface area contributed by atoms with Crippen LogP contribution in [0.1, 0.15) is 39.6 Å². The standard InChI is InChI=1S/C14H14O6/c1-2-20-12(15)5-3-4-9-6-7-10(13(16)17)8-11(9)14(18)19/h3-4,6-8H,2,5H2,1H3,(H,16,17)(H,18,19). The van der Waals surface area contributed by atoms with Gasteiger partial charge in [0, 0.05) is 0 Å². The molecule has 0 radical (unpaired) electrons. The molecule has 0 aliphatic carbocycles. The van der Waals surface area contributed by atoms with E-state index in [0.717, 1.165) is 6.07 Å². The Morgan fingerprint density at radius 3 is 2.45 bits per heavy atom. The van der Waals surface area contributed by atoms with Gasteiger partial charge in [0.2, 0.25) is 0 Å². The predicted octanol–water partition coefficient (Wildman–Crippen LogP) is 2.05. The highest BCUT2D eigenvalue weighted by Crippen LogP contribution is 2.15. The molecule has 0 heterocycles. The molecule has 0 saturated heterocycles. The molecule has 0 aliphatic rings. The van der Waals surface area contributed by atoms with Gasteiger partial charge in [-0.05, 0) is 24.6 Å². The van der Waals surface area contributed by atoms with Gasteiger partial charge in [-0.15, -0.1) is 0 Å². The van der Waals surface area contributed by atoms with Crippen LogP contribution in [0.15, 0.2) is 24.3 Å². The molecule has 20 heavy (non-hydrogen) atoms. The van der Waals surface area contributed by atoms with Gasteiger partial charge in [-0.2, -0.15) is 0 Å². The fourth-order valence-corrected chi connectivity index (χ4v) is 1.52. The van der Waals surface area contributed by atoms with E-state index in [-0.39, 0.29) is 24.2 Å². The number of carbonyl (C=O) groups excluding carboxylic acids is 1.